The van der Waals surface area contributed by atoms with E-state index in [-0.39, 0.29) is 0 Å². The van der Waals surface area contributed by atoms with Gasteiger partial charge in [0.25, 0.3) is 0 Å². The lowest BCUT2D eigenvalue weighted by Crippen LogP contribution is -1.95. The van der Waals surface area contributed by atoms with Gasteiger partial charge in [-0.1, -0.05) is 133 Å². The van der Waals surface area contributed by atoms with Gasteiger partial charge in [0, 0.05) is 0 Å². The number of fused-ring (bicyclic) bond motifs is 3. The van der Waals surface area contributed by atoms with Crippen LogP contribution in [0.25, 0.3) is 76.8 Å². The van der Waals surface area contributed by atoms with Crippen molar-refractivity contribution in [3.63, 3.8) is 0 Å². The molecule has 0 atom stereocenters. The van der Waals surface area contributed by atoms with Gasteiger partial charge in [-0.25, -0.2) is 0 Å². The van der Waals surface area contributed by atoms with Gasteiger partial charge >= 0.3 is 0 Å². The van der Waals surface area contributed by atoms with Crippen LogP contribution in [0.15, 0.2) is 127 Å². The summed E-state index contributed by atoms with van der Waals surface area (Å²) in [7, 11) is 0. The standard InChI is InChI=1S/C44H32/c1-26-11-13-29(14-12-26)34-19-15-30-18-22-39-37(20-16-31-17-21-38(34)43(30)44(31)39)41-24-27(2)40(23-28(41)3)36-10-6-9-35-33-8-5-4-7-32(33)25-42(35)36/h4-24H,25H2,1-3H3. The summed E-state index contributed by atoms with van der Waals surface area (Å²) < 4.78 is 0. The Morgan fingerprint density at radius 2 is 0.955 bits per heavy atom. The van der Waals surface area contributed by atoms with E-state index in [1.807, 2.05) is 0 Å². The summed E-state index contributed by atoms with van der Waals surface area (Å²) in [6.07, 6.45) is 1.00. The molecule has 0 spiro atoms. The molecule has 1 aliphatic rings. The zero-order valence-corrected chi connectivity index (χ0v) is 25.3. The quantitative estimate of drug-likeness (QED) is 0.189. The van der Waals surface area contributed by atoms with E-state index in [0.29, 0.717) is 0 Å². The summed E-state index contributed by atoms with van der Waals surface area (Å²) >= 11 is 0. The van der Waals surface area contributed by atoms with Crippen molar-refractivity contribution in [1.82, 2.24) is 0 Å². The minimum Gasteiger partial charge on any atom is -0.0619 e. The van der Waals surface area contributed by atoms with Crippen molar-refractivity contribution in [3.8, 4) is 44.5 Å². The lowest BCUT2D eigenvalue weighted by molar-refractivity contribution is 1.26. The Hall–Kier alpha value is -5.20. The molecule has 0 radical (unpaired) electrons. The van der Waals surface area contributed by atoms with Crippen LogP contribution in [0, 0.1) is 20.8 Å². The van der Waals surface area contributed by atoms with E-state index < -0.39 is 0 Å². The molecule has 0 N–H and O–H groups in total. The predicted molar refractivity (Wildman–Crippen MR) is 189 cm³/mol. The normalized spacial score (nSPS) is 12.3. The van der Waals surface area contributed by atoms with Crippen LogP contribution in [0.5, 0.6) is 0 Å². The molecule has 9 rings (SSSR count). The summed E-state index contributed by atoms with van der Waals surface area (Å²) in [5.74, 6) is 0. The highest BCUT2D eigenvalue weighted by molar-refractivity contribution is 6.27. The van der Waals surface area contributed by atoms with E-state index in [1.165, 1.54) is 105 Å². The lowest BCUT2D eigenvalue weighted by atomic mass is 9.85. The largest absolute Gasteiger partial charge is 0.0619 e. The van der Waals surface area contributed by atoms with Crippen molar-refractivity contribution in [2.75, 3.05) is 0 Å². The second-order valence-corrected chi connectivity index (χ2v) is 12.7. The maximum absolute atomic E-state index is 2.43. The average molecular weight is 561 g/mol. The third kappa shape index (κ3) is 3.64. The summed E-state index contributed by atoms with van der Waals surface area (Å²) in [5, 5.41) is 7.98. The van der Waals surface area contributed by atoms with Gasteiger partial charge in [-0.3, -0.25) is 0 Å². The van der Waals surface area contributed by atoms with Crippen molar-refractivity contribution in [1.29, 1.82) is 0 Å². The van der Waals surface area contributed by atoms with E-state index >= 15 is 0 Å². The molecule has 0 saturated carbocycles. The molecule has 8 aromatic carbocycles. The zero-order chi connectivity index (χ0) is 29.5. The molecule has 0 bridgehead atoms. The van der Waals surface area contributed by atoms with Crippen LogP contribution in [0.1, 0.15) is 27.8 Å². The van der Waals surface area contributed by atoms with Crippen LogP contribution < -0.4 is 0 Å². The highest BCUT2D eigenvalue weighted by atomic mass is 14.3. The second-order valence-electron chi connectivity index (χ2n) is 12.7. The van der Waals surface area contributed by atoms with Gasteiger partial charge in [0.1, 0.15) is 0 Å². The molecule has 8 aromatic rings. The summed E-state index contributed by atoms with van der Waals surface area (Å²) in [6.45, 7) is 6.71. The average Bonchev–Trinajstić information content (AvgIpc) is 3.44. The fourth-order valence-corrected chi connectivity index (χ4v) is 7.83. The molecule has 0 amide bonds. The van der Waals surface area contributed by atoms with Gasteiger partial charge in [0.15, 0.2) is 0 Å². The first-order valence-electron chi connectivity index (χ1n) is 15.6. The van der Waals surface area contributed by atoms with Crippen LogP contribution in [-0.2, 0) is 6.42 Å². The number of hydrogen-bond donors (Lipinski definition) is 0. The molecule has 0 heteroatoms. The zero-order valence-electron chi connectivity index (χ0n) is 25.3. The predicted octanol–water partition coefficient (Wildman–Crippen LogP) is 12.1. The van der Waals surface area contributed by atoms with Crippen LogP contribution in [0.2, 0.25) is 0 Å². The molecular weight excluding hydrogens is 528 g/mol. The Bertz CT molecular complexity index is 2420. The molecule has 0 saturated heterocycles. The smallest absolute Gasteiger partial charge is 0.000728 e. The molecule has 208 valence electrons. The van der Waals surface area contributed by atoms with Crippen LogP contribution in [0.4, 0.5) is 0 Å². The molecule has 0 heterocycles. The molecule has 0 aromatic heterocycles. The summed E-state index contributed by atoms with van der Waals surface area (Å²) in [6, 6.07) is 48.0. The molecule has 0 aliphatic heterocycles. The van der Waals surface area contributed by atoms with Gasteiger partial charge in [-0.15, -0.1) is 0 Å². The van der Waals surface area contributed by atoms with Crippen LogP contribution in [-0.4, -0.2) is 0 Å². The molecular formula is C44H32. The highest BCUT2D eigenvalue weighted by Gasteiger charge is 2.23. The van der Waals surface area contributed by atoms with Crippen molar-refractivity contribution in [2.45, 2.75) is 27.2 Å². The Morgan fingerprint density at radius 3 is 1.66 bits per heavy atom. The van der Waals surface area contributed by atoms with E-state index in [1.54, 1.807) is 0 Å². The Kier molecular flexibility index (Phi) is 5.41. The first-order valence-corrected chi connectivity index (χ1v) is 15.6. The van der Waals surface area contributed by atoms with E-state index in [4.69, 9.17) is 0 Å². The number of aryl methyl sites for hydroxylation is 3. The molecule has 1 aliphatic carbocycles. The lowest BCUT2D eigenvalue weighted by Gasteiger charge is -2.19. The Morgan fingerprint density at radius 1 is 0.409 bits per heavy atom. The minimum absolute atomic E-state index is 1.00. The van der Waals surface area contributed by atoms with Gasteiger partial charge in [0.05, 0.1) is 0 Å². The van der Waals surface area contributed by atoms with Crippen molar-refractivity contribution in [2.24, 2.45) is 0 Å². The van der Waals surface area contributed by atoms with E-state index in [2.05, 4.69) is 148 Å². The number of rotatable bonds is 3. The van der Waals surface area contributed by atoms with E-state index in [9.17, 15) is 0 Å². The van der Waals surface area contributed by atoms with E-state index in [0.717, 1.165) is 6.42 Å². The summed E-state index contributed by atoms with van der Waals surface area (Å²) in [5.41, 5.74) is 17.5. The fourth-order valence-electron chi connectivity index (χ4n) is 7.83. The first-order chi connectivity index (χ1) is 21.5. The maximum Gasteiger partial charge on any atom is -0.000728 e. The van der Waals surface area contributed by atoms with Crippen molar-refractivity contribution in [3.05, 3.63) is 155 Å². The van der Waals surface area contributed by atoms with Gasteiger partial charge in [0.2, 0.25) is 0 Å². The monoisotopic (exact) mass is 560 g/mol. The SMILES string of the molecule is Cc1ccc(-c2ccc3ccc4c(-c5cc(C)c(-c6cccc7c6Cc6ccccc6-7)cc5C)ccc5ccc2c3c54)cc1. The Balaban J connectivity index is 1.22. The van der Waals surface area contributed by atoms with Crippen molar-refractivity contribution >= 4 is 32.3 Å². The third-order valence-corrected chi connectivity index (χ3v) is 10.0. The number of benzene rings is 8. The third-order valence-electron chi connectivity index (χ3n) is 10.0. The van der Waals surface area contributed by atoms with Gasteiger partial charge < -0.3 is 0 Å². The first kappa shape index (κ1) is 25.3. The Labute approximate surface area is 258 Å². The molecule has 0 nitrogen and oxygen atoms in total. The number of hydrogen-bond acceptors (Lipinski definition) is 0. The van der Waals surface area contributed by atoms with Gasteiger partial charge in [-0.2, -0.15) is 0 Å². The maximum atomic E-state index is 2.43. The highest BCUT2D eigenvalue weighted by Crippen LogP contribution is 2.45. The molecule has 44 heavy (non-hydrogen) atoms. The topological polar surface area (TPSA) is 0 Å². The van der Waals surface area contributed by atoms with Crippen molar-refractivity contribution < 1.29 is 0 Å². The second kappa shape index (κ2) is 9.40. The molecule has 0 fully saturated rings. The van der Waals surface area contributed by atoms with Gasteiger partial charge in [-0.05, 0) is 126 Å². The van der Waals surface area contributed by atoms with Crippen LogP contribution >= 0.6 is 0 Å². The summed E-state index contributed by atoms with van der Waals surface area (Å²) in [4.78, 5) is 0. The fraction of sp³-hybridized carbons (Fsp3) is 0.0909. The molecule has 0 unspecified atom stereocenters. The minimum atomic E-state index is 1.00. The van der Waals surface area contributed by atoms with Crippen LogP contribution in [0.3, 0.4) is 0 Å².